The first-order chi connectivity index (χ1) is 14.2. The molecule has 0 aromatic carbocycles. The molecule has 1 fully saturated rings. The minimum absolute atomic E-state index is 0.102. The minimum atomic E-state index is -1.40. The Hall–Kier alpha value is -3.28. The third-order valence-electron chi connectivity index (χ3n) is 5.21. The molecule has 0 aliphatic carbocycles. The van der Waals surface area contributed by atoms with Crippen LogP contribution in [0.4, 0.5) is 5.82 Å². The lowest BCUT2D eigenvalue weighted by Gasteiger charge is -2.37. The van der Waals surface area contributed by atoms with Crippen molar-refractivity contribution in [2.75, 3.05) is 12.3 Å². The highest BCUT2D eigenvalue weighted by Gasteiger charge is 2.61. The standard InChI is InChI=1S/C18H21N5O7/c1-8(24)27-6-18-11(28-9(2)25)4-13-22-15-16(19)20-7-21-17(15)23(13)14(30-18)5-12(18)29-10(3)26/h7,11-12,14H,4-6H2,1-3H3,(H2,19,20,21)/t11-,12-,14+,18-/m0/s1. The van der Waals surface area contributed by atoms with Gasteiger partial charge >= 0.3 is 17.9 Å². The predicted octanol–water partition coefficient (Wildman–Crippen LogP) is 0.0488. The van der Waals surface area contributed by atoms with Gasteiger partial charge in [0, 0.05) is 33.6 Å². The summed E-state index contributed by atoms with van der Waals surface area (Å²) >= 11 is 0. The Balaban J connectivity index is 1.86. The van der Waals surface area contributed by atoms with Crippen LogP contribution in [0.1, 0.15) is 39.2 Å². The average Bonchev–Trinajstić information content (AvgIpc) is 3.14. The van der Waals surface area contributed by atoms with E-state index in [1.54, 1.807) is 4.57 Å². The highest BCUT2D eigenvalue weighted by Crippen LogP contribution is 2.47. The summed E-state index contributed by atoms with van der Waals surface area (Å²) in [6, 6.07) is 0. The third-order valence-corrected chi connectivity index (χ3v) is 5.21. The van der Waals surface area contributed by atoms with Crippen LogP contribution in [0.3, 0.4) is 0 Å². The molecule has 2 aromatic heterocycles. The second-order valence-electron chi connectivity index (χ2n) is 7.27. The van der Waals surface area contributed by atoms with Crippen LogP contribution < -0.4 is 5.73 Å². The highest BCUT2D eigenvalue weighted by atomic mass is 16.6. The van der Waals surface area contributed by atoms with Crippen molar-refractivity contribution in [2.45, 2.75) is 57.6 Å². The zero-order valence-corrected chi connectivity index (χ0v) is 16.7. The first-order valence-electron chi connectivity index (χ1n) is 9.34. The van der Waals surface area contributed by atoms with Crippen LogP contribution in [0.15, 0.2) is 6.33 Å². The lowest BCUT2D eigenvalue weighted by atomic mass is 9.87. The Morgan fingerprint density at radius 1 is 1.17 bits per heavy atom. The number of hydrogen-bond donors (Lipinski definition) is 1. The van der Waals surface area contributed by atoms with Crippen molar-refractivity contribution in [1.29, 1.82) is 0 Å². The molecule has 160 valence electrons. The van der Waals surface area contributed by atoms with Gasteiger partial charge in [0.2, 0.25) is 0 Å². The van der Waals surface area contributed by atoms with Gasteiger partial charge in [-0.2, -0.15) is 0 Å². The molecule has 4 rings (SSSR count). The van der Waals surface area contributed by atoms with Crippen molar-refractivity contribution in [3.8, 4) is 0 Å². The number of aromatic nitrogens is 4. The van der Waals surface area contributed by atoms with E-state index in [1.165, 1.54) is 27.1 Å². The zero-order valence-electron chi connectivity index (χ0n) is 16.7. The van der Waals surface area contributed by atoms with E-state index in [-0.39, 0.29) is 25.3 Å². The van der Waals surface area contributed by atoms with Gasteiger partial charge in [-0.05, 0) is 0 Å². The Morgan fingerprint density at radius 2 is 1.87 bits per heavy atom. The molecule has 0 radical (unpaired) electrons. The maximum absolute atomic E-state index is 11.9. The van der Waals surface area contributed by atoms with Crippen LogP contribution in [-0.4, -0.2) is 61.8 Å². The number of hydrogen-bond acceptors (Lipinski definition) is 11. The Morgan fingerprint density at radius 3 is 2.53 bits per heavy atom. The van der Waals surface area contributed by atoms with E-state index < -0.39 is 41.9 Å². The molecular weight excluding hydrogens is 398 g/mol. The van der Waals surface area contributed by atoms with Crippen molar-refractivity contribution in [3.05, 3.63) is 12.2 Å². The van der Waals surface area contributed by atoms with Crippen molar-refractivity contribution in [1.82, 2.24) is 19.5 Å². The first-order valence-corrected chi connectivity index (χ1v) is 9.34. The number of anilines is 1. The molecule has 0 amide bonds. The Bertz CT molecular complexity index is 1040. The van der Waals surface area contributed by atoms with Gasteiger partial charge in [-0.25, -0.2) is 15.0 Å². The molecule has 0 unspecified atom stereocenters. The molecule has 12 heteroatoms. The normalized spacial score (nSPS) is 27.2. The van der Waals surface area contributed by atoms with Crippen LogP contribution in [0.25, 0.3) is 11.2 Å². The monoisotopic (exact) mass is 419 g/mol. The number of nitrogen functional groups attached to an aromatic ring is 1. The Labute approximate surface area is 170 Å². The molecule has 0 spiro atoms. The lowest BCUT2D eigenvalue weighted by molar-refractivity contribution is -0.208. The smallest absolute Gasteiger partial charge is 0.303 e. The number of rotatable bonds is 4. The zero-order chi connectivity index (χ0) is 21.6. The number of carbonyl (C=O) groups is 3. The first kappa shape index (κ1) is 20.0. The van der Waals surface area contributed by atoms with Gasteiger partial charge in [-0.15, -0.1) is 0 Å². The highest BCUT2D eigenvalue weighted by molar-refractivity contribution is 5.82. The number of esters is 3. The molecule has 2 N–H and O–H groups in total. The number of fused-ring (bicyclic) bond motifs is 6. The van der Waals surface area contributed by atoms with Crippen molar-refractivity contribution >= 4 is 34.9 Å². The summed E-state index contributed by atoms with van der Waals surface area (Å²) < 4.78 is 24.4. The summed E-state index contributed by atoms with van der Waals surface area (Å²) in [6.07, 6.45) is -0.832. The third kappa shape index (κ3) is 3.22. The molecule has 1 saturated heterocycles. The van der Waals surface area contributed by atoms with Crippen LogP contribution in [-0.2, 0) is 39.8 Å². The summed E-state index contributed by atoms with van der Waals surface area (Å²) in [5.41, 5.74) is 5.37. The number of nitrogens with two attached hydrogens (primary N) is 1. The molecule has 2 aromatic rings. The molecule has 4 atom stereocenters. The minimum Gasteiger partial charge on any atom is -0.462 e. The fourth-order valence-corrected chi connectivity index (χ4v) is 4.08. The van der Waals surface area contributed by atoms with Crippen molar-refractivity contribution in [2.24, 2.45) is 0 Å². The maximum atomic E-state index is 11.9. The quantitative estimate of drug-likeness (QED) is 0.527. The molecule has 4 heterocycles. The predicted molar refractivity (Wildman–Crippen MR) is 98.7 cm³/mol. The van der Waals surface area contributed by atoms with Gasteiger partial charge in [-0.1, -0.05) is 0 Å². The maximum Gasteiger partial charge on any atom is 0.303 e. The second kappa shape index (κ2) is 7.20. The van der Waals surface area contributed by atoms with Crippen molar-refractivity contribution < 1.29 is 33.3 Å². The lowest BCUT2D eigenvalue weighted by Crippen LogP contribution is -2.57. The van der Waals surface area contributed by atoms with Crippen LogP contribution in [0, 0.1) is 0 Å². The molecule has 12 nitrogen and oxygen atoms in total. The van der Waals surface area contributed by atoms with Crippen molar-refractivity contribution in [3.63, 3.8) is 0 Å². The van der Waals surface area contributed by atoms with E-state index in [2.05, 4.69) is 15.0 Å². The van der Waals surface area contributed by atoms with Gasteiger partial charge in [0.15, 0.2) is 22.6 Å². The Kier molecular flexibility index (Phi) is 4.80. The fourth-order valence-electron chi connectivity index (χ4n) is 4.08. The summed E-state index contributed by atoms with van der Waals surface area (Å²) in [6.45, 7) is 3.50. The van der Waals surface area contributed by atoms with Gasteiger partial charge in [0.1, 0.15) is 37.2 Å². The van der Waals surface area contributed by atoms with E-state index >= 15 is 0 Å². The summed E-state index contributed by atoms with van der Waals surface area (Å²) in [5.74, 6) is -0.946. The molecular formula is C18H21N5O7. The van der Waals surface area contributed by atoms with E-state index in [0.717, 1.165) is 0 Å². The molecule has 2 bridgehead atoms. The second-order valence-corrected chi connectivity index (χ2v) is 7.27. The van der Waals surface area contributed by atoms with Crippen LogP contribution >= 0.6 is 0 Å². The average molecular weight is 419 g/mol. The van der Waals surface area contributed by atoms with Gasteiger partial charge in [-0.3, -0.25) is 19.0 Å². The largest absolute Gasteiger partial charge is 0.462 e. The van der Waals surface area contributed by atoms with E-state index in [1.807, 2.05) is 0 Å². The number of ether oxygens (including phenoxy) is 4. The SMILES string of the molecule is CC(=O)OC[C@@]12O[C@H](C[C@@H]1OC(C)=O)n1c(nc3c(N)ncnc31)C[C@@H]2OC(C)=O. The molecule has 2 aliphatic rings. The summed E-state index contributed by atoms with van der Waals surface area (Å²) in [7, 11) is 0. The summed E-state index contributed by atoms with van der Waals surface area (Å²) in [4.78, 5) is 48.0. The summed E-state index contributed by atoms with van der Waals surface area (Å²) in [5, 5.41) is 0. The van der Waals surface area contributed by atoms with E-state index in [4.69, 9.17) is 24.7 Å². The fraction of sp³-hybridized carbons (Fsp3) is 0.556. The molecule has 30 heavy (non-hydrogen) atoms. The van der Waals surface area contributed by atoms with E-state index in [9.17, 15) is 14.4 Å². The topological polar surface area (TPSA) is 158 Å². The van der Waals surface area contributed by atoms with Gasteiger partial charge < -0.3 is 24.7 Å². The van der Waals surface area contributed by atoms with Crippen LogP contribution in [0.2, 0.25) is 0 Å². The molecule has 2 aliphatic heterocycles. The molecule has 0 saturated carbocycles. The van der Waals surface area contributed by atoms with Gasteiger partial charge in [0.25, 0.3) is 0 Å². The van der Waals surface area contributed by atoms with E-state index in [0.29, 0.717) is 17.0 Å². The number of carbonyl (C=O) groups excluding carboxylic acids is 3. The van der Waals surface area contributed by atoms with Crippen LogP contribution in [0.5, 0.6) is 0 Å². The van der Waals surface area contributed by atoms with Gasteiger partial charge in [0.05, 0.1) is 0 Å². The number of imidazole rings is 1. The number of nitrogens with zero attached hydrogens (tertiary/aromatic N) is 4.